The normalized spacial score (nSPS) is 16.7. The van der Waals surface area contributed by atoms with E-state index in [2.05, 4.69) is 17.0 Å². The van der Waals surface area contributed by atoms with Crippen LogP contribution in [0.5, 0.6) is 0 Å². The van der Waals surface area contributed by atoms with Crippen LogP contribution in [0.1, 0.15) is 30.2 Å². The molecule has 0 bridgehead atoms. The highest BCUT2D eigenvalue weighted by molar-refractivity contribution is 7.19. The van der Waals surface area contributed by atoms with Gasteiger partial charge in [0, 0.05) is 22.6 Å². The summed E-state index contributed by atoms with van der Waals surface area (Å²) in [5.41, 5.74) is 3.01. The van der Waals surface area contributed by atoms with Gasteiger partial charge in [-0.15, -0.1) is 16.4 Å². The average Bonchev–Trinajstić information content (AvgIpc) is 3.28. The molecule has 27 heavy (non-hydrogen) atoms. The second kappa shape index (κ2) is 6.09. The maximum Gasteiger partial charge on any atom is 0.269 e. The maximum atomic E-state index is 10.9. The van der Waals surface area contributed by atoms with E-state index in [0.29, 0.717) is 5.82 Å². The fourth-order valence-electron chi connectivity index (χ4n) is 3.85. The van der Waals surface area contributed by atoms with Crippen molar-refractivity contribution in [1.29, 1.82) is 0 Å². The van der Waals surface area contributed by atoms with Gasteiger partial charge in [0.25, 0.3) is 5.69 Å². The first kappa shape index (κ1) is 16.3. The van der Waals surface area contributed by atoms with E-state index in [9.17, 15) is 10.1 Å². The molecule has 1 aromatic carbocycles. The molecule has 0 amide bonds. The van der Waals surface area contributed by atoms with Crippen LogP contribution in [0.25, 0.3) is 27.3 Å². The molecule has 136 valence electrons. The molecule has 0 aliphatic heterocycles. The van der Waals surface area contributed by atoms with E-state index in [1.54, 1.807) is 34.3 Å². The molecule has 0 radical (unpaired) electrons. The number of nitro benzene ring substituents is 1. The van der Waals surface area contributed by atoms with Gasteiger partial charge in [0.15, 0.2) is 11.5 Å². The zero-order valence-electron chi connectivity index (χ0n) is 14.8. The van der Waals surface area contributed by atoms with Crippen molar-refractivity contribution in [2.75, 3.05) is 0 Å². The molecule has 7 nitrogen and oxygen atoms in total. The van der Waals surface area contributed by atoms with E-state index in [1.165, 1.54) is 35.4 Å². The van der Waals surface area contributed by atoms with Crippen molar-refractivity contribution in [2.45, 2.75) is 32.6 Å². The molecular weight excluding hydrogens is 362 g/mol. The summed E-state index contributed by atoms with van der Waals surface area (Å²) in [5.74, 6) is 1.32. The summed E-state index contributed by atoms with van der Waals surface area (Å²) in [6.45, 7) is 2.26. The SMILES string of the molecule is CCC1CCc2c(sc3ncn4nc(-c5ccc([N+](=O)[O-])cc5)nc4c23)C1. The van der Waals surface area contributed by atoms with E-state index in [0.717, 1.165) is 40.2 Å². The number of thiophene rings is 1. The molecule has 1 atom stereocenters. The lowest BCUT2D eigenvalue weighted by molar-refractivity contribution is -0.384. The second-order valence-electron chi connectivity index (χ2n) is 6.95. The highest BCUT2D eigenvalue weighted by Gasteiger charge is 2.24. The quantitative estimate of drug-likeness (QED) is 0.388. The predicted octanol–water partition coefficient (Wildman–Crippen LogP) is 4.43. The number of aromatic nitrogens is 4. The van der Waals surface area contributed by atoms with Gasteiger partial charge in [0.05, 0.1) is 10.3 Å². The van der Waals surface area contributed by atoms with Crippen molar-refractivity contribution < 1.29 is 4.92 Å². The molecule has 8 heteroatoms. The van der Waals surface area contributed by atoms with Gasteiger partial charge < -0.3 is 0 Å². The molecule has 3 heterocycles. The monoisotopic (exact) mass is 379 g/mol. The molecule has 0 saturated carbocycles. The summed E-state index contributed by atoms with van der Waals surface area (Å²) >= 11 is 1.78. The number of hydrogen-bond donors (Lipinski definition) is 0. The highest BCUT2D eigenvalue weighted by Crippen LogP contribution is 2.39. The largest absolute Gasteiger partial charge is 0.269 e. The van der Waals surface area contributed by atoms with Gasteiger partial charge in [-0.3, -0.25) is 10.1 Å². The average molecular weight is 379 g/mol. The summed E-state index contributed by atoms with van der Waals surface area (Å²) in [7, 11) is 0. The highest BCUT2D eigenvalue weighted by atomic mass is 32.1. The summed E-state index contributed by atoms with van der Waals surface area (Å²) in [6, 6.07) is 6.33. The number of nitro groups is 1. The summed E-state index contributed by atoms with van der Waals surface area (Å²) in [5, 5.41) is 16.5. The van der Waals surface area contributed by atoms with Crippen molar-refractivity contribution in [3.8, 4) is 11.4 Å². The third-order valence-corrected chi connectivity index (χ3v) is 6.56. The van der Waals surface area contributed by atoms with Crippen LogP contribution in [-0.4, -0.2) is 24.5 Å². The van der Waals surface area contributed by atoms with E-state index in [4.69, 9.17) is 4.98 Å². The third-order valence-electron chi connectivity index (χ3n) is 5.40. The van der Waals surface area contributed by atoms with Crippen LogP contribution >= 0.6 is 11.3 Å². The predicted molar refractivity (Wildman–Crippen MR) is 104 cm³/mol. The van der Waals surface area contributed by atoms with Crippen molar-refractivity contribution in [1.82, 2.24) is 19.6 Å². The number of nitrogens with zero attached hydrogens (tertiary/aromatic N) is 5. The number of hydrogen-bond acceptors (Lipinski definition) is 6. The Bertz CT molecular complexity index is 1180. The van der Waals surface area contributed by atoms with E-state index < -0.39 is 4.92 Å². The van der Waals surface area contributed by atoms with E-state index >= 15 is 0 Å². The molecule has 1 unspecified atom stereocenters. The first-order valence-electron chi connectivity index (χ1n) is 9.04. The Morgan fingerprint density at radius 3 is 2.89 bits per heavy atom. The summed E-state index contributed by atoms with van der Waals surface area (Å²) in [6.07, 6.45) is 6.32. The fraction of sp³-hybridized carbons (Fsp3) is 0.316. The van der Waals surface area contributed by atoms with Crippen molar-refractivity contribution in [3.63, 3.8) is 0 Å². The number of benzene rings is 1. The number of rotatable bonds is 3. The second-order valence-corrected chi connectivity index (χ2v) is 8.04. The Morgan fingerprint density at radius 1 is 1.33 bits per heavy atom. The molecule has 1 aliphatic rings. The van der Waals surface area contributed by atoms with Crippen LogP contribution in [0.3, 0.4) is 0 Å². The van der Waals surface area contributed by atoms with Gasteiger partial charge in [-0.25, -0.2) is 14.5 Å². The lowest BCUT2D eigenvalue weighted by Crippen LogP contribution is -2.11. The first-order valence-corrected chi connectivity index (χ1v) is 9.86. The van der Waals surface area contributed by atoms with Gasteiger partial charge in [0.2, 0.25) is 0 Å². The Labute approximate surface area is 158 Å². The van der Waals surface area contributed by atoms with Crippen LogP contribution in [-0.2, 0) is 12.8 Å². The van der Waals surface area contributed by atoms with Crippen molar-refractivity contribution in [3.05, 3.63) is 51.1 Å². The zero-order valence-corrected chi connectivity index (χ0v) is 15.6. The molecular formula is C19H17N5O2S. The maximum absolute atomic E-state index is 10.9. The third kappa shape index (κ3) is 2.59. The Kier molecular flexibility index (Phi) is 3.68. The van der Waals surface area contributed by atoms with Crippen molar-refractivity contribution in [2.24, 2.45) is 5.92 Å². The fourth-order valence-corrected chi connectivity index (χ4v) is 5.14. The van der Waals surface area contributed by atoms with E-state index in [-0.39, 0.29) is 5.69 Å². The molecule has 3 aromatic heterocycles. The standard InChI is InChI=1S/C19H17N5O2S/c1-2-11-3-8-14-15(9-11)27-19-16(14)18-21-17(22-23(18)10-20-19)12-4-6-13(7-5-12)24(25)26/h4-7,10-11H,2-3,8-9H2,1H3. The van der Waals surface area contributed by atoms with Gasteiger partial charge in [-0.05, 0) is 42.9 Å². The Morgan fingerprint density at radius 2 is 2.15 bits per heavy atom. The first-order chi connectivity index (χ1) is 13.1. The minimum atomic E-state index is -0.407. The van der Waals surface area contributed by atoms with Crippen LogP contribution in [0.2, 0.25) is 0 Å². The minimum Gasteiger partial charge on any atom is -0.258 e. The van der Waals surface area contributed by atoms with Gasteiger partial charge >= 0.3 is 0 Å². The minimum absolute atomic E-state index is 0.0592. The van der Waals surface area contributed by atoms with Crippen LogP contribution in [0.4, 0.5) is 5.69 Å². The van der Waals surface area contributed by atoms with E-state index in [1.807, 2.05) is 0 Å². The lowest BCUT2D eigenvalue weighted by atomic mass is 9.86. The lowest BCUT2D eigenvalue weighted by Gasteiger charge is -2.20. The van der Waals surface area contributed by atoms with Gasteiger partial charge in [-0.2, -0.15) is 0 Å². The van der Waals surface area contributed by atoms with Gasteiger partial charge in [0.1, 0.15) is 11.2 Å². The van der Waals surface area contributed by atoms with Crippen LogP contribution < -0.4 is 0 Å². The zero-order chi connectivity index (χ0) is 18.5. The number of aryl methyl sites for hydroxylation is 1. The topological polar surface area (TPSA) is 86.2 Å². The van der Waals surface area contributed by atoms with Crippen LogP contribution in [0, 0.1) is 16.0 Å². The molecule has 0 N–H and O–H groups in total. The molecule has 5 rings (SSSR count). The van der Waals surface area contributed by atoms with Crippen molar-refractivity contribution >= 4 is 32.9 Å². The van der Waals surface area contributed by atoms with Gasteiger partial charge in [-0.1, -0.05) is 13.3 Å². The Balaban J connectivity index is 1.64. The molecule has 0 spiro atoms. The molecule has 4 aromatic rings. The summed E-state index contributed by atoms with van der Waals surface area (Å²) in [4.78, 5) is 22.3. The number of non-ortho nitro benzene ring substituents is 1. The molecule has 1 aliphatic carbocycles. The molecule has 0 saturated heterocycles. The Hall–Kier alpha value is -2.87. The summed E-state index contributed by atoms with van der Waals surface area (Å²) < 4.78 is 1.72. The smallest absolute Gasteiger partial charge is 0.258 e. The van der Waals surface area contributed by atoms with Crippen LogP contribution in [0.15, 0.2) is 30.6 Å². The number of fused-ring (bicyclic) bond motifs is 5. The molecule has 0 fully saturated rings.